The number of urea groups is 1. The molecule has 0 aromatic heterocycles. The van der Waals surface area contributed by atoms with Crippen molar-refractivity contribution in [2.45, 2.75) is 12.6 Å². The zero-order chi connectivity index (χ0) is 21.8. The van der Waals surface area contributed by atoms with Crippen molar-refractivity contribution in [3.63, 3.8) is 0 Å². The van der Waals surface area contributed by atoms with Gasteiger partial charge in [-0.3, -0.25) is 14.5 Å². The molecule has 0 aliphatic carbocycles. The predicted molar refractivity (Wildman–Crippen MR) is 116 cm³/mol. The Balaban J connectivity index is 1.60. The van der Waals surface area contributed by atoms with E-state index < -0.39 is 24.0 Å². The number of hydrogen-bond donors (Lipinski definition) is 2. The van der Waals surface area contributed by atoms with Crippen LogP contribution in [0.2, 0.25) is 0 Å². The summed E-state index contributed by atoms with van der Waals surface area (Å²) in [6.07, 6.45) is -0.601. The van der Waals surface area contributed by atoms with Gasteiger partial charge >= 0.3 is 6.03 Å². The molecule has 0 saturated carbocycles. The number of nitrogens with one attached hydrogen (secondary N) is 2. The molecular formula is C24H21N3O4. The van der Waals surface area contributed by atoms with Crippen molar-refractivity contribution in [2.24, 2.45) is 0 Å². The van der Waals surface area contributed by atoms with E-state index in [1.807, 2.05) is 30.3 Å². The Labute approximate surface area is 179 Å². The van der Waals surface area contributed by atoms with Crippen LogP contribution in [0, 0.1) is 0 Å². The van der Waals surface area contributed by atoms with Gasteiger partial charge in [0.2, 0.25) is 0 Å². The molecule has 1 aliphatic heterocycles. The van der Waals surface area contributed by atoms with E-state index in [1.54, 1.807) is 48.5 Å². The summed E-state index contributed by atoms with van der Waals surface area (Å²) in [6.45, 7) is 0. The molecule has 3 aromatic rings. The van der Waals surface area contributed by atoms with Crippen LogP contribution in [-0.4, -0.2) is 36.0 Å². The maximum Gasteiger partial charge on any atom is 0.320 e. The third-order valence-electron chi connectivity index (χ3n) is 5.06. The molecule has 0 bridgehead atoms. The van der Waals surface area contributed by atoms with Crippen molar-refractivity contribution in [2.75, 3.05) is 12.4 Å². The van der Waals surface area contributed by atoms with Crippen molar-refractivity contribution in [3.05, 3.63) is 95.6 Å². The van der Waals surface area contributed by atoms with Crippen LogP contribution in [0.4, 0.5) is 10.5 Å². The number of benzene rings is 3. The first-order chi connectivity index (χ1) is 15.1. The van der Waals surface area contributed by atoms with Crippen LogP contribution in [0.25, 0.3) is 0 Å². The van der Waals surface area contributed by atoms with Crippen LogP contribution in [0.1, 0.15) is 26.3 Å². The Morgan fingerprint density at radius 1 is 0.871 bits per heavy atom. The number of carbonyl (C=O) groups is 3. The third kappa shape index (κ3) is 4.11. The van der Waals surface area contributed by atoms with E-state index in [2.05, 4.69) is 10.6 Å². The summed E-state index contributed by atoms with van der Waals surface area (Å²) in [5.41, 5.74) is 2.01. The van der Waals surface area contributed by atoms with E-state index in [0.29, 0.717) is 22.6 Å². The lowest BCUT2D eigenvalue weighted by atomic mass is 10.1. The third-order valence-corrected chi connectivity index (χ3v) is 5.06. The minimum absolute atomic E-state index is 0.269. The van der Waals surface area contributed by atoms with Gasteiger partial charge in [-0.2, -0.15) is 0 Å². The first-order valence-electron chi connectivity index (χ1n) is 9.80. The fourth-order valence-corrected chi connectivity index (χ4v) is 3.59. The molecule has 31 heavy (non-hydrogen) atoms. The molecular weight excluding hydrogens is 394 g/mol. The van der Waals surface area contributed by atoms with Crippen molar-refractivity contribution in [3.8, 4) is 5.75 Å². The Kier molecular flexibility index (Phi) is 5.66. The van der Waals surface area contributed by atoms with Crippen LogP contribution < -0.4 is 15.4 Å². The molecule has 0 radical (unpaired) electrons. The van der Waals surface area contributed by atoms with Gasteiger partial charge in [-0.15, -0.1) is 0 Å². The van der Waals surface area contributed by atoms with Crippen molar-refractivity contribution >= 4 is 23.5 Å². The average molecular weight is 415 g/mol. The maximum absolute atomic E-state index is 13.0. The number of nitrogens with zero attached hydrogens (tertiary/aromatic N) is 1. The fraction of sp³-hybridized carbons (Fsp3) is 0.125. The zero-order valence-electron chi connectivity index (χ0n) is 16.9. The summed E-state index contributed by atoms with van der Waals surface area (Å²) in [7, 11) is 1.51. The number of anilines is 1. The maximum atomic E-state index is 13.0. The largest absolute Gasteiger partial charge is 0.495 e. The molecule has 156 valence electrons. The molecule has 1 heterocycles. The summed E-state index contributed by atoms with van der Waals surface area (Å²) in [4.78, 5) is 39.9. The SMILES string of the molecule is COc1ccccc1NC(=O)NC(Cc1ccccc1)N1C(=O)c2ccccc2C1=O. The molecule has 0 saturated heterocycles. The number of fused-ring (bicyclic) bond motifs is 1. The van der Waals surface area contributed by atoms with E-state index in [9.17, 15) is 14.4 Å². The fourth-order valence-electron chi connectivity index (χ4n) is 3.59. The lowest BCUT2D eigenvalue weighted by molar-refractivity contribution is 0.0565. The highest BCUT2D eigenvalue weighted by Crippen LogP contribution is 2.26. The number of imide groups is 1. The zero-order valence-corrected chi connectivity index (χ0v) is 16.9. The number of para-hydroxylation sites is 2. The smallest absolute Gasteiger partial charge is 0.320 e. The van der Waals surface area contributed by atoms with E-state index >= 15 is 0 Å². The van der Waals surface area contributed by atoms with Gasteiger partial charge in [-0.05, 0) is 29.8 Å². The van der Waals surface area contributed by atoms with Gasteiger partial charge in [-0.1, -0.05) is 54.6 Å². The molecule has 7 nitrogen and oxygen atoms in total. The van der Waals surface area contributed by atoms with Crippen LogP contribution in [0.15, 0.2) is 78.9 Å². The molecule has 7 heteroatoms. The van der Waals surface area contributed by atoms with Gasteiger partial charge in [0.05, 0.1) is 23.9 Å². The molecule has 3 aromatic carbocycles. The van der Waals surface area contributed by atoms with Crippen molar-refractivity contribution in [1.29, 1.82) is 0 Å². The van der Waals surface area contributed by atoms with Gasteiger partial charge in [0.1, 0.15) is 11.9 Å². The van der Waals surface area contributed by atoms with E-state index in [4.69, 9.17) is 4.74 Å². The highest BCUT2D eigenvalue weighted by Gasteiger charge is 2.40. The van der Waals surface area contributed by atoms with Gasteiger partial charge in [0.15, 0.2) is 0 Å². The average Bonchev–Trinajstić information content (AvgIpc) is 3.05. The Bertz CT molecular complexity index is 1100. The number of amides is 4. The normalized spacial score (nSPS) is 13.5. The molecule has 4 rings (SSSR count). The molecule has 0 spiro atoms. The van der Waals surface area contributed by atoms with Gasteiger partial charge in [-0.25, -0.2) is 4.79 Å². The number of rotatable bonds is 6. The molecule has 2 N–H and O–H groups in total. The highest BCUT2D eigenvalue weighted by atomic mass is 16.5. The minimum Gasteiger partial charge on any atom is -0.495 e. The summed E-state index contributed by atoms with van der Waals surface area (Å²) < 4.78 is 5.26. The number of methoxy groups -OCH3 is 1. The second-order valence-electron chi connectivity index (χ2n) is 7.03. The topological polar surface area (TPSA) is 87.7 Å². The summed E-state index contributed by atoms with van der Waals surface area (Å²) in [5, 5.41) is 5.51. The van der Waals surface area contributed by atoms with Crippen LogP contribution in [0.3, 0.4) is 0 Å². The monoisotopic (exact) mass is 415 g/mol. The predicted octanol–water partition coefficient (Wildman–Crippen LogP) is 3.68. The van der Waals surface area contributed by atoms with Gasteiger partial charge < -0.3 is 15.4 Å². The number of carbonyl (C=O) groups excluding carboxylic acids is 3. The molecule has 4 amide bonds. The van der Waals surface area contributed by atoms with Crippen LogP contribution in [-0.2, 0) is 6.42 Å². The second-order valence-corrected chi connectivity index (χ2v) is 7.03. The van der Waals surface area contributed by atoms with Gasteiger partial charge in [0, 0.05) is 6.42 Å². The summed E-state index contributed by atoms with van der Waals surface area (Å²) in [5.74, 6) is -0.365. The van der Waals surface area contributed by atoms with Crippen molar-refractivity contribution in [1.82, 2.24) is 10.2 Å². The standard InChI is InChI=1S/C24H21N3O4/c1-31-20-14-8-7-13-19(20)25-24(30)26-21(15-16-9-3-2-4-10-16)27-22(28)17-11-5-6-12-18(17)23(27)29/h2-14,21H,15H2,1H3,(H2,25,26,30). The van der Waals surface area contributed by atoms with Crippen molar-refractivity contribution < 1.29 is 19.1 Å². The van der Waals surface area contributed by atoms with Gasteiger partial charge in [0.25, 0.3) is 11.8 Å². The number of hydrogen-bond acceptors (Lipinski definition) is 4. The lowest BCUT2D eigenvalue weighted by Gasteiger charge is -2.27. The highest BCUT2D eigenvalue weighted by molar-refractivity contribution is 6.21. The number of ether oxygens (including phenoxy) is 1. The summed E-state index contributed by atoms with van der Waals surface area (Å²) >= 11 is 0. The summed E-state index contributed by atoms with van der Waals surface area (Å²) in [6, 6.07) is 22.4. The lowest BCUT2D eigenvalue weighted by Crippen LogP contribution is -2.53. The molecule has 0 fully saturated rings. The van der Waals surface area contributed by atoms with Crippen LogP contribution in [0.5, 0.6) is 5.75 Å². The molecule has 1 unspecified atom stereocenters. The Morgan fingerprint density at radius 3 is 2.10 bits per heavy atom. The minimum atomic E-state index is -0.871. The van der Waals surface area contributed by atoms with Crippen LogP contribution >= 0.6 is 0 Å². The second kappa shape index (κ2) is 8.71. The first kappa shape index (κ1) is 20.2. The molecule has 1 aliphatic rings. The molecule has 1 atom stereocenters. The van der Waals surface area contributed by atoms with E-state index in [1.165, 1.54) is 7.11 Å². The Morgan fingerprint density at radius 2 is 1.45 bits per heavy atom. The Hall–Kier alpha value is -4.13. The van der Waals surface area contributed by atoms with E-state index in [-0.39, 0.29) is 6.42 Å². The van der Waals surface area contributed by atoms with E-state index in [0.717, 1.165) is 10.5 Å². The first-order valence-corrected chi connectivity index (χ1v) is 9.80. The quantitative estimate of drug-likeness (QED) is 0.601.